The number of anilines is 1. The number of carbonyl (C=O) groups excluding carboxylic acids is 1. The van der Waals surface area contributed by atoms with Gasteiger partial charge in [0.15, 0.2) is 0 Å². The van der Waals surface area contributed by atoms with E-state index in [9.17, 15) is 9.59 Å². The van der Waals surface area contributed by atoms with Crippen LogP contribution in [0.25, 0.3) is 10.8 Å². The fraction of sp³-hybridized carbons (Fsp3) is 0.143. The molecule has 3 N–H and O–H groups in total. The summed E-state index contributed by atoms with van der Waals surface area (Å²) in [6, 6.07) is 11.8. The Morgan fingerprint density at radius 3 is 2.47 bits per heavy atom. The lowest BCUT2D eigenvalue weighted by Gasteiger charge is -2.11. The highest BCUT2D eigenvalue weighted by molar-refractivity contribution is 5.95. The van der Waals surface area contributed by atoms with E-state index in [2.05, 4.69) is 10.6 Å². The Kier molecular flexibility index (Phi) is 3.66. The first kappa shape index (κ1) is 12.9. The Balaban J connectivity index is 2.09. The maximum atomic E-state index is 11.6. The van der Waals surface area contributed by atoms with Crippen LogP contribution >= 0.6 is 0 Å². The summed E-state index contributed by atoms with van der Waals surface area (Å²) >= 11 is 0. The van der Waals surface area contributed by atoms with E-state index in [4.69, 9.17) is 5.11 Å². The fourth-order valence-electron chi connectivity index (χ4n) is 1.69. The highest BCUT2D eigenvalue weighted by Crippen LogP contribution is 2.18. The number of amides is 2. The zero-order valence-corrected chi connectivity index (χ0v) is 10.4. The third-order valence-electron chi connectivity index (χ3n) is 2.73. The van der Waals surface area contributed by atoms with Crippen molar-refractivity contribution in [3.63, 3.8) is 0 Å². The third-order valence-corrected chi connectivity index (χ3v) is 2.73. The van der Waals surface area contributed by atoms with Gasteiger partial charge in [-0.2, -0.15) is 0 Å². The van der Waals surface area contributed by atoms with Crippen LogP contribution in [-0.4, -0.2) is 23.1 Å². The molecule has 0 saturated heterocycles. The van der Waals surface area contributed by atoms with Crippen LogP contribution in [0.1, 0.15) is 6.92 Å². The largest absolute Gasteiger partial charge is 0.480 e. The van der Waals surface area contributed by atoms with Crippen LogP contribution in [0.3, 0.4) is 0 Å². The number of aliphatic carboxylic acids is 1. The number of carbonyl (C=O) groups is 2. The Bertz CT molecular complexity index is 625. The molecule has 0 heterocycles. The first-order chi connectivity index (χ1) is 9.06. The molecule has 5 nitrogen and oxygen atoms in total. The molecule has 2 rings (SSSR count). The lowest BCUT2D eigenvalue weighted by atomic mass is 10.1. The zero-order chi connectivity index (χ0) is 13.8. The molecule has 0 aromatic heterocycles. The Hall–Kier alpha value is -2.56. The van der Waals surface area contributed by atoms with Gasteiger partial charge in [0, 0.05) is 5.69 Å². The molecule has 2 aromatic carbocycles. The second-order valence-corrected chi connectivity index (χ2v) is 4.22. The number of benzene rings is 2. The summed E-state index contributed by atoms with van der Waals surface area (Å²) in [5.41, 5.74) is 0.619. The van der Waals surface area contributed by atoms with E-state index >= 15 is 0 Å². The molecule has 0 saturated carbocycles. The summed E-state index contributed by atoms with van der Waals surface area (Å²) in [7, 11) is 0. The molecule has 19 heavy (non-hydrogen) atoms. The van der Waals surface area contributed by atoms with Crippen molar-refractivity contribution in [2.45, 2.75) is 13.0 Å². The van der Waals surface area contributed by atoms with Crippen molar-refractivity contribution in [3.05, 3.63) is 42.5 Å². The van der Waals surface area contributed by atoms with E-state index in [-0.39, 0.29) is 0 Å². The minimum atomic E-state index is -1.08. The monoisotopic (exact) mass is 258 g/mol. The topological polar surface area (TPSA) is 78.4 Å². The molecule has 2 aromatic rings. The van der Waals surface area contributed by atoms with Gasteiger partial charge in [-0.05, 0) is 29.8 Å². The second kappa shape index (κ2) is 5.39. The van der Waals surface area contributed by atoms with E-state index in [0.29, 0.717) is 5.69 Å². The van der Waals surface area contributed by atoms with Crippen molar-refractivity contribution in [1.29, 1.82) is 0 Å². The molecule has 1 atom stereocenters. The standard InChI is InChI=1S/C14H14N2O3/c1-9(13(17)18)15-14(19)16-12-7-6-10-4-2-3-5-11(10)8-12/h2-9H,1H3,(H,17,18)(H2,15,16,19)/t9-/m1/s1. The molecule has 0 spiro atoms. The number of nitrogens with one attached hydrogen (secondary N) is 2. The van der Waals surface area contributed by atoms with Gasteiger partial charge in [-0.25, -0.2) is 4.79 Å². The molecule has 0 bridgehead atoms. The van der Waals surface area contributed by atoms with E-state index in [1.165, 1.54) is 6.92 Å². The number of fused-ring (bicyclic) bond motifs is 1. The maximum absolute atomic E-state index is 11.6. The Morgan fingerprint density at radius 1 is 1.11 bits per heavy atom. The zero-order valence-electron chi connectivity index (χ0n) is 10.4. The summed E-state index contributed by atoms with van der Waals surface area (Å²) in [6.07, 6.45) is 0. The quantitative estimate of drug-likeness (QED) is 0.791. The van der Waals surface area contributed by atoms with Crippen LogP contribution in [0.4, 0.5) is 10.5 Å². The van der Waals surface area contributed by atoms with Crippen molar-refractivity contribution in [3.8, 4) is 0 Å². The molecule has 0 unspecified atom stereocenters. The van der Waals surface area contributed by atoms with Crippen molar-refractivity contribution in [2.24, 2.45) is 0 Å². The minimum Gasteiger partial charge on any atom is -0.480 e. The number of urea groups is 1. The summed E-state index contributed by atoms with van der Waals surface area (Å²) in [6.45, 7) is 1.41. The lowest BCUT2D eigenvalue weighted by molar-refractivity contribution is -0.138. The first-order valence-corrected chi connectivity index (χ1v) is 5.85. The molecule has 98 valence electrons. The fourth-order valence-corrected chi connectivity index (χ4v) is 1.69. The summed E-state index contributed by atoms with van der Waals surface area (Å²) in [5, 5.41) is 15.7. The molecular formula is C14H14N2O3. The van der Waals surface area contributed by atoms with Gasteiger partial charge in [0.1, 0.15) is 6.04 Å². The van der Waals surface area contributed by atoms with Crippen LogP contribution < -0.4 is 10.6 Å². The van der Waals surface area contributed by atoms with Crippen LogP contribution in [0.5, 0.6) is 0 Å². The van der Waals surface area contributed by atoms with Gasteiger partial charge in [0.25, 0.3) is 0 Å². The van der Waals surface area contributed by atoms with Crippen LogP contribution in [0, 0.1) is 0 Å². The normalized spacial score (nSPS) is 11.8. The van der Waals surface area contributed by atoms with Gasteiger partial charge in [0.2, 0.25) is 0 Å². The highest BCUT2D eigenvalue weighted by Gasteiger charge is 2.13. The second-order valence-electron chi connectivity index (χ2n) is 4.22. The molecule has 0 aliphatic rings. The molecule has 0 aliphatic carbocycles. The van der Waals surface area contributed by atoms with Gasteiger partial charge in [-0.1, -0.05) is 30.3 Å². The molecule has 0 fully saturated rings. The van der Waals surface area contributed by atoms with Crippen molar-refractivity contribution < 1.29 is 14.7 Å². The van der Waals surface area contributed by atoms with Crippen molar-refractivity contribution >= 4 is 28.5 Å². The SMILES string of the molecule is C[C@@H](NC(=O)Nc1ccc2ccccc2c1)C(=O)O. The molecule has 2 amide bonds. The molecule has 0 radical (unpaired) electrons. The smallest absolute Gasteiger partial charge is 0.325 e. The minimum absolute atomic E-state index is 0.537. The van der Waals surface area contributed by atoms with Gasteiger partial charge in [-0.15, -0.1) is 0 Å². The first-order valence-electron chi connectivity index (χ1n) is 5.85. The maximum Gasteiger partial charge on any atom is 0.325 e. The number of carboxylic acid groups (broad SMARTS) is 1. The summed E-state index contributed by atoms with van der Waals surface area (Å²) in [5.74, 6) is -1.08. The lowest BCUT2D eigenvalue weighted by Crippen LogP contribution is -2.40. The predicted octanol–water partition coefficient (Wildman–Crippen LogP) is 2.43. The number of rotatable bonds is 3. The van der Waals surface area contributed by atoms with E-state index in [0.717, 1.165) is 10.8 Å². The van der Waals surface area contributed by atoms with Crippen LogP contribution in [0.15, 0.2) is 42.5 Å². The van der Waals surface area contributed by atoms with E-state index in [1.807, 2.05) is 36.4 Å². The summed E-state index contributed by atoms with van der Waals surface area (Å²) in [4.78, 5) is 22.2. The average molecular weight is 258 g/mol. The third kappa shape index (κ3) is 3.22. The van der Waals surface area contributed by atoms with Gasteiger partial charge < -0.3 is 15.7 Å². The molecular weight excluding hydrogens is 244 g/mol. The van der Waals surface area contributed by atoms with Crippen LogP contribution in [-0.2, 0) is 4.79 Å². The number of hydrogen-bond donors (Lipinski definition) is 3. The van der Waals surface area contributed by atoms with E-state index < -0.39 is 18.0 Å². The Labute approximate surface area is 110 Å². The average Bonchev–Trinajstić information content (AvgIpc) is 2.38. The summed E-state index contributed by atoms with van der Waals surface area (Å²) < 4.78 is 0. The van der Waals surface area contributed by atoms with E-state index in [1.54, 1.807) is 6.07 Å². The van der Waals surface area contributed by atoms with Gasteiger partial charge in [-0.3, -0.25) is 4.79 Å². The molecule has 5 heteroatoms. The van der Waals surface area contributed by atoms with Crippen LogP contribution in [0.2, 0.25) is 0 Å². The number of carboxylic acids is 1. The highest BCUT2D eigenvalue weighted by atomic mass is 16.4. The molecule has 0 aliphatic heterocycles. The van der Waals surface area contributed by atoms with Crippen molar-refractivity contribution in [2.75, 3.05) is 5.32 Å². The predicted molar refractivity (Wildman–Crippen MR) is 73.2 cm³/mol. The van der Waals surface area contributed by atoms with Gasteiger partial charge in [0.05, 0.1) is 0 Å². The van der Waals surface area contributed by atoms with Crippen molar-refractivity contribution in [1.82, 2.24) is 5.32 Å². The number of hydrogen-bond acceptors (Lipinski definition) is 2. The Morgan fingerprint density at radius 2 is 1.79 bits per heavy atom. The van der Waals surface area contributed by atoms with Gasteiger partial charge >= 0.3 is 12.0 Å².